The number of hydrogen-bond donors (Lipinski definition) is 0. The Labute approximate surface area is 121 Å². The van der Waals surface area contributed by atoms with Gasteiger partial charge in [-0.25, -0.2) is 0 Å². The van der Waals surface area contributed by atoms with Crippen LogP contribution in [0.4, 0.5) is 30.7 Å². The first-order valence-corrected chi connectivity index (χ1v) is 7.05. The van der Waals surface area contributed by atoms with E-state index in [2.05, 4.69) is 0 Å². The van der Waals surface area contributed by atoms with Gasteiger partial charge in [0, 0.05) is 35.4 Å². The van der Waals surface area contributed by atoms with Gasteiger partial charge in [-0.05, 0) is 12.8 Å². The summed E-state index contributed by atoms with van der Waals surface area (Å²) in [5, 5.41) is 0. The first-order chi connectivity index (χ1) is 8.46. The second kappa shape index (κ2) is 7.87. The predicted molar refractivity (Wildman–Crippen MR) is 66.9 cm³/mol. The highest BCUT2D eigenvalue weighted by atomic mass is 127. The summed E-state index contributed by atoms with van der Waals surface area (Å²) in [6.07, 6.45) is -4.24. The van der Waals surface area contributed by atoms with E-state index in [1.165, 1.54) is 0 Å². The Morgan fingerprint density at radius 3 is 1.32 bits per heavy atom. The fourth-order valence-electron chi connectivity index (χ4n) is 1.52. The van der Waals surface area contributed by atoms with Crippen molar-refractivity contribution >= 4 is 22.6 Å². The van der Waals surface area contributed by atoms with Crippen molar-refractivity contribution in [3.8, 4) is 0 Å². The molecular formula is C11H16F7I. The van der Waals surface area contributed by atoms with Crippen molar-refractivity contribution in [3.63, 3.8) is 0 Å². The van der Waals surface area contributed by atoms with Gasteiger partial charge in [-0.1, -0.05) is 25.7 Å². The minimum Gasteiger partial charge on any atom is -0.199 e. The van der Waals surface area contributed by atoms with E-state index in [4.69, 9.17) is 0 Å². The molecule has 0 aliphatic carbocycles. The van der Waals surface area contributed by atoms with Gasteiger partial charge in [0.15, 0.2) is 0 Å². The Balaban J connectivity index is 3.52. The summed E-state index contributed by atoms with van der Waals surface area (Å²) in [7, 11) is 0. The van der Waals surface area contributed by atoms with Crippen LogP contribution in [-0.4, -0.2) is 16.0 Å². The van der Waals surface area contributed by atoms with Crippen LogP contribution in [0.1, 0.15) is 51.4 Å². The first-order valence-electron chi connectivity index (χ1n) is 5.97. The molecule has 0 bridgehead atoms. The van der Waals surface area contributed by atoms with Crippen molar-refractivity contribution in [2.24, 2.45) is 0 Å². The summed E-state index contributed by atoms with van der Waals surface area (Å²) in [6, 6.07) is 0. The van der Waals surface area contributed by atoms with E-state index in [1.807, 2.05) is 0 Å². The monoisotopic (exact) mass is 408 g/mol. The van der Waals surface area contributed by atoms with Gasteiger partial charge >= 0.3 is 16.0 Å². The molecule has 0 saturated heterocycles. The zero-order valence-corrected chi connectivity index (χ0v) is 12.3. The predicted octanol–water partition coefficient (Wildman–Crippen LogP) is 6.33. The maximum atomic E-state index is 12.8. The van der Waals surface area contributed by atoms with Gasteiger partial charge in [0.25, 0.3) is 0 Å². The number of alkyl halides is 8. The van der Waals surface area contributed by atoms with Crippen LogP contribution in [0.3, 0.4) is 0 Å². The first kappa shape index (κ1) is 19.2. The van der Waals surface area contributed by atoms with Crippen LogP contribution in [0.2, 0.25) is 0 Å². The molecule has 0 aliphatic heterocycles. The van der Waals surface area contributed by atoms with Gasteiger partial charge in [-0.15, -0.1) is 0 Å². The van der Waals surface area contributed by atoms with E-state index in [-0.39, 0.29) is 12.8 Å². The maximum absolute atomic E-state index is 12.8. The average Bonchev–Trinajstić information content (AvgIpc) is 2.18. The molecule has 0 atom stereocenters. The maximum Gasteiger partial charge on any atom is 0.389 e. The van der Waals surface area contributed by atoms with Crippen molar-refractivity contribution in [1.82, 2.24) is 0 Å². The van der Waals surface area contributed by atoms with Gasteiger partial charge in [0.2, 0.25) is 0 Å². The van der Waals surface area contributed by atoms with Crippen LogP contribution < -0.4 is 0 Å². The zero-order chi connectivity index (χ0) is 15.2. The number of rotatable bonds is 9. The highest BCUT2D eigenvalue weighted by molar-refractivity contribution is 14.1. The van der Waals surface area contributed by atoms with Gasteiger partial charge in [-0.2, -0.15) is 30.7 Å². The van der Waals surface area contributed by atoms with E-state index in [0.717, 1.165) is 0 Å². The van der Waals surface area contributed by atoms with Crippen LogP contribution in [0.15, 0.2) is 0 Å². The molecule has 0 rings (SSSR count). The molecule has 0 fully saturated rings. The smallest absolute Gasteiger partial charge is 0.199 e. The van der Waals surface area contributed by atoms with E-state index in [9.17, 15) is 30.7 Å². The van der Waals surface area contributed by atoms with Crippen LogP contribution >= 0.6 is 22.6 Å². The second-order valence-corrected chi connectivity index (χ2v) is 5.79. The van der Waals surface area contributed by atoms with Crippen molar-refractivity contribution in [3.05, 3.63) is 0 Å². The van der Waals surface area contributed by atoms with Crippen molar-refractivity contribution in [1.29, 1.82) is 0 Å². The molecule has 0 nitrogen and oxygen atoms in total. The molecule has 0 aromatic heterocycles. The summed E-state index contributed by atoms with van der Waals surface area (Å²) >= 11 is 0.416. The summed E-state index contributed by atoms with van der Waals surface area (Å²) < 4.78 is 81.7. The van der Waals surface area contributed by atoms with Gasteiger partial charge in [0.05, 0.1) is 0 Å². The Morgan fingerprint density at radius 2 is 0.947 bits per heavy atom. The Morgan fingerprint density at radius 1 is 0.579 bits per heavy atom. The van der Waals surface area contributed by atoms with Gasteiger partial charge in [-0.3, -0.25) is 0 Å². The highest BCUT2D eigenvalue weighted by Gasteiger charge is 2.53. The summed E-state index contributed by atoms with van der Waals surface area (Å²) in [6.45, 7) is 0. The molecule has 0 aromatic rings. The fourth-order valence-corrected chi connectivity index (χ4v) is 1.79. The summed E-state index contributed by atoms with van der Waals surface area (Å²) in [5.74, 6) is -4.02. The van der Waals surface area contributed by atoms with E-state index in [1.54, 1.807) is 0 Å². The van der Waals surface area contributed by atoms with Gasteiger partial charge in [0.1, 0.15) is 0 Å². The molecule has 0 aromatic carbocycles. The van der Waals surface area contributed by atoms with Crippen LogP contribution in [0.5, 0.6) is 0 Å². The Hall–Kier alpha value is 0.240. The molecule has 116 valence electrons. The highest BCUT2D eigenvalue weighted by Crippen LogP contribution is 2.43. The Kier molecular flexibility index (Phi) is 7.97. The molecule has 0 spiro atoms. The van der Waals surface area contributed by atoms with Crippen LogP contribution in [0, 0.1) is 0 Å². The molecule has 0 radical (unpaired) electrons. The van der Waals surface area contributed by atoms with E-state index < -0.39 is 28.9 Å². The molecule has 0 amide bonds. The molecule has 19 heavy (non-hydrogen) atoms. The second-order valence-electron chi connectivity index (χ2n) is 4.44. The lowest BCUT2D eigenvalue weighted by atomic mass is 10.1. The summed E-state index contributed by atoms with van der Waals surface area (Å²) in [5.41, 5.74) is 0. The average molecular weight is 408 g/mol. The van der Waals surface area contributed by atoms with Crippen molar-refractivity contribution < 1.29 is 30.7 Å². The third-order valence-electron chi connectivity index (χ3n) is 2.62. The normalized spacial score (nSPS) is 13.9. The lowest BCUT2D eigenvalue weighted by Gasteiger charge is -2.21. The largest absolute Gasteiger partial charge is 0.389 e. The number of unbranched alkanes of at least 4 members (excludes halogenated alkanes) is 5. The molecule has 0 heterocycles. The van der Waals surface area contributed by atoms with E-state index in [0.29, 0.717) is 48.3 Å². The lowest BCUT2D eigenvalue weighted by Crippen LogP contribution is -2.34. The third kappa shape index (κ3) is 9.73. The quantitative estimate of drug-likeness (QED) is 0.181. The molecule has 0 unspecified atom stereocenters. The van der Waals surface area contributed by atoms with E-state index >= 15 is 0 Å². The SMILES string of the molecule is FC(F)(F)CCCCCCCCC(F)(F)C(F)(F)I. The minimum atomic E-state index is -4.16. The topological polar surface area (TPSA) is 0 Å². The number of hydrogen-bond acceptors (Lipinski definition) is 0. The number of halogens is 8. The molecule has 0 saturated carbocycles. The zero-order valence-electron chi connectivity index (χ0n) is 10.2. The fraction of sp³-hybridized carbons (Fsp3) is 1.00. The van der Waals surface area contributed by atoms with Gasteiger partial charge < -0.3 is 0 Å². The molecular weight excluding hydrogens is 392 g/mol. The molecule has 0 aliphatic rings. The minimum absolute atomic E-state index is 0.0193. The molecule has 0 N–H and O–H groups in total. The Bertz CT molecular complexity index is 244. The van der Waals surface area contributed by atoms with Crippen LogP contribution in [0.25, 0.3) is 0 Å². The lowest BCUT2D eigenvalue weighted by molar-refractivity contribution is -0.145. The standard InChI is InChI=1S/C11H16F7I/c12-9(13,11(17,18)19)7-5-3-1-2-4-6-8-10(14,15)16/h1-8H2. The van der Waals surface area contributed by atoms with Crippen molar-refractivity contribution in [2.45, 2.75) is 67.4 Å². The molecule has 8 heteroatoms. The third-order valence-corrected chi connectivity index (χ3v) is 3.40. The van der Waals surface area contributed by atoms with Crippen LogP contribution in [-0.2, 0) is 0 Å². The summed E-state index contributed by atoms with van der Waals surface area (Å²) in [4.78, 5) is 0. The van der Waals surface area contributed by atoms with Crippen molar-refractivity contribution in [2.75, 3.05) is 0 Å².